The zero-order chi connectivity index (χ0) is 30.0. The third kappa shape index (κ3) is 8.24. The van der Waals surface area contributed by atoms with E-state index in [9.17, 15) is 19.5 Å². The van der Waals surface area contributed by atoms with E-state index in [0.29, 0.717) is 23.6 Å². The van der Waals surface area contributed by atoms with Crippen LogP contribution < -0.4 is 5.32 Å². The number of benzene rings is 1. The van der Waals surface area contributed by atoms with Gasteiger partial charge in [-0.25, -0.2) is 24.4 Å². The smallest absolute Gasteiger partial charge is 0.340 e. The van der Waals surface area contributed by atoms with Crippen molar-refractivity contribution in [2.45, 2.75) is 49.0 Å². The van der Waals surface area contributed by atoms with E-state index < -0.39 is 22.8 Å². The Bertz CT molecular complexity index is 1450. The zero-order valence-electron chi connectivity index (χ0n) is 22.6. The van der Waals surface area contributed by atoms with E-state index in [1.54, 1.807) is 67.1 Å². The number of rotatable bonds is 10. The summed E-state index contributed by atoms with van der Waals surface area (Å²) in [4.78, 5) is 41.1. The molecule has 0 fully saturated rings. The molecule has 216 valence electrons. The summed E-state index contributed by atoms with van der Waals surface area (Å²) in [6.45, 7) is 2.63. The molecule has 3 aromatic rings. The van der Waals surface area contributed by atoms with Gasteiger partial charge in [0.05, 0.1) is 23.8 Å². The molecule has 0 unspecified atom stereocenters. The van der Waals surface area contributed by atoms with Gasteiger partial charge in [-0.1, -0.05) is 25.5 Å². The summed E-state index contributed by atoms with van der Waals surface area (Å²) >= 11 is 8.65. The molecule has 0 radical (unpaired) electrons. The minimum Gasteiger partial charge on any atom is -0.478 e. The number of pyridine rings is 1. The fraction of sp³-hybridized carbons (Fsp3) is 0.276. The Kier molecular flexibility index (Phi) is 11.2. The maximum atomic E-state index is 11.7. The van der Waals surface area contributed by atoms with Crippen molar-refractivity contribution in [2.24, 2.45) is 0 Å². The van der Waals surface area contributed by atoms with Gasteiger partial charge in [0.2, 0.25) is 0 Å². The number of imidazole rings is 1. The number of carbonyl (C=O) groups is 3. The van der Waals surface area contributed by atoms with Crippen molar-refractivity contribution in [3.63, 3.8) is 0 Å². The van der Waals surface area contributed by atoms with Crippen molar-refractivity contribution in [1.29, 1.82) is 0 Å². The van der Waals surface area contributed by atoms with Crippen LogP contribution in [-0.4, -0.2) is 54.6 Å². The summed E-state index contributed by atoms with van der Waals surface area (Å²) < 4.78 is 6.56. The van der Waals surface area contributed by atoms with Crippen LogP contribution in [0.3, 0.4) is 0 Å². The molecule has 1 aliphatic heterocycles. The quantitative estimate of drug-likeness (QED) is 0.170. The van der Waals surface area contributed by atoms with Gasteiger partial charge in [-0.15, -0.1) is 25.3 Å². The van der Waals surface area contributed by atoms with E-state index in [2.05, 4.69) is 56.8 Å². The Morgan fingerprint density at radius 1 is 1.10 bits per heavy atom. The Morgan fingerprint density at radius 2 is 1.83 bits per heavy atom. The van der Waals surface area contributed by atoms with Gasteiger partial charge in [-0.05, 0) is 54.6 Å². The maximum absolute atomic E-state index is 11.7. The van der Waals surface area contributed by atoms with E-state index >= 15 is 0 Å². The highest BCUT2D eigenvalue weighted by Gasteiger charge is 2.36. The topological polar surface area (TPSA) is 144 Å². The van der Waals surface area contributed by atoms with Crippen molar-refractivity contribution >= 4 is 43.2 Å². The number of aliphatic carboxylic acids is 1. The second-order valence-electron chi connectivity index (χ2n) is 9.15. The number of unbranched alkanes of at least 4 members (excludes halogenated alkanes) is 1. The largest absolute Gasteiger partial charge is 0.478 e. The normalized spacial score (nSPS) is 15.7. The van der Waals surface area contributed by atoms with Gasteiger partial charge in [0.25, 0.3) is 0 Å². The number of esters is 1. The van der Waals surface area contributed by atoms with E-state index in [1.807, 2.05) is 0 Å². The lowest BCUT2D eigenvalue weighted by Gasteiger charge is -2.32. The van der Waals surface area contributed by atoms with Gasteiger partial charge in [0.1, 0.15) is 15.7 Å². The molecule has 12 heteroatoms. The van der Waals surface area contributed by atoms with E-state index in [-0.39, 0.29) is 11.1 Å². The van der Waals surface area contributed by atoms with Gasteiger partial charge >= 0.3 is 17.9 Å². The predicted molar refractivity (Wildman–Crippen MR) is 160 cm³/mol. The second kappa shape index (κ2) is 14.6. The first kappa shape index (κ1) is 31.5. The molecule has 3 N–H and O–H groups in total. The molecule has 2 aromatic heterocycles. The fourth-order valence-corrected chi connectivity index (χ4v) is 4.77. The van der Waals surface area contributed by atoms with Crippen LogP contribution in [0.5, 0.6) is 0 Å². The van der Waals surface area contributed by atoms with Crippen LogP contribution in [0.4, 0.5) is 0 Å². The summed E-state index contributed by atoms with van der Waals surface area (Å²) in [7, 11) is 1.32. The van der Waals surface area contributed by atoms with E-state index in [0.717, 1.165) is 36.3 Å². The van der Waals surface area contributed by atoms with Crippen molar-refractivity contribution in [3.05, 3.63) is 101 Å². The molecule has 0 bridgehead atoms. The lowest BCUT2D eigenvalue weighted by atomic mass is 9.98. The predicted octanol–water partition coefficient (Wildman–Crippen LogP) is 4.43. The van der Waals surface area contributed by atoms with Crippen LogP contribution >= 0.6 is 25.3 Å². The van der Waals surface area contributed by atoms with Crippen LogP contribution in [0.15, 0.2) is 77.7 Å². The molecule has 0 aliphatic carbocycles. The minimum absolute atomic E-state index is 0.169. The number of hydrogen-bond donors (Lipinski definition) is 5. The van der Waals surface area contributed by atoms with Gasteiger partial charge in [0.15, 0.2) is 0 Å². The van der Waals surface area contributed by atoms with Gasteiger partial charge in [-0.2, -0.15) is 0 Å². The molecular weight excluding hydrogens is 564 g/mol. The summed E-state index contributed by atoms with van der Waals surface area (Å²) in [5.74, 6) is -1.49. The average molecular weight is 597 g/mol. The number of carbonyl (C=O) groups excluding carboxylic acids is 1. The Morgan fingerprint density at radius 3 is 2.44 bits per heavy atom. The molecule has 1 atom stereocenters. The monoisotopic (exact) mass is 596 g/mol. The number of carboxylic acid groups (broad SMARTS) is 2. The number of carboxylic acids is 2. The highest BCUT2D eigenvalue weighted by atomic mass is 32.1. The number of aromatic nitrogens is 3. The lowest BCUT2D eigenvalue weighted by molar-refractivity contribution is -0.133. The molecular formula is C29H32N4O6S2. The molecule has 0 spiro atoms. The fourth-order valence-electron chi connectivity index (χ4n) is 4.13. The van der Waals surface area contributed by atoms with Gasteiger partial charge in [-0.3, -0.25) is 0 Å². The maximum Gasteiger partial charge on any atom is 0.340 e. The Hall–Kier alpha value is -4.03. The second-order valence-corrected chi connectivity index (χ2v) is 10.3. The number of nitrogens with zero attached hydrogens (tertiary/aromatic N) is 3. The van der Waals surface area contributed by atoms with Crippen LogP contribution in [-0.2, 0) is 28.9 Å². The Balaban J connectivity index is 0.000000352. The average Bonchev–Trinajstić information content (AvgIpc) is 3.32. The molecule has 0 saturated heterocycles. The number of hydrogen-bond acceptors (Lipinski definition) is 9. The molecule has 1 aromatic carbocycles. The molecule has 3 heterocycles. The number of allylic oxidation sites excluding steroid dienone is 2. The highest BCUT2D eigenvalue weighted by Crippen LogP contribution is 2.30. The summed E-state index contributed by atoms with van der Waals surface area (Å²) in [5.41, 5.74) is 2.59. The molecule has 0 saturated carbocycles. The number of dihydropyridines is 1. The lowest BCUT2D eigenvalue weighted by Crippen LogP contribution is -2.45. The highest BCUT2D eigenvalue weighted by molar-refractivity contribution is 7.82. The zero-order valence-corrected chi connectivity index (χ0v) is 24.4. The van der Waals surface area contributed by atoms with Crippen molar-refractivity contribution < 1.29 is 29.3 Å². The van der Waals surface area contributed by atoms with Gasteiger partial charge in [0, 0.05) is 37.5 Å². The van der Waals surface area contributed by atoms with Crippen LogP contribution in [0.2, 0.25) is 0 Å². The number of ether oxygens (including phenoxy) is 1. The van der Waals surface area contributed by atoms with Crippen LogP contribution in [0.1, 0.15) is 57.6 Å². The number of aryl methyl sites for hydroxylation is 1. The van der Waals surface area contributed by atoms with E-state index in [1.165, 1.54) is 7.11 Å². The first-order valence-electron chi connectivity index (χ1n) is 12.8. The molecule has 1 aliphatic rings. The third-order valence-corrected chi connectivity index (χ3v) is 7.19. The molecule has 4 rings (SSSR count). The van der Waals surface area contributed by atoms with E-state index in [4.69, 9.17) is 5.11 Å². The SMILES string of the molecule is CCCCc1ncc(C[C@@]2(S)NC=CC=C2C(=O)O)n1Cc1ccc(C(=O)O)cc1.COC(=O)c1cccnc1S. The summed E-state index contributed by atoms with van der Waals surface area (Å²) in [5, 5.41) is 22.2. The van der Waals surface area contributed by atoms with Gasteiger partial charge < -0.3 is 24.8 Å². The standard InChI is InChI=1S/C22H25N3O4S.C7H7NO2S/c1-2-3-6-19-23-13-17(12-22(30)18(21(28)29)5-4-11-24-22)25(19)14-15-7-9-16(10-8-15)20(26)27;1-10-7(9)5-3-2-4-8-6(5)11/h4-5,7-11,13,24,30H,2-3,6,12,14H2,1H3,(H,26,27)(H,28,29);2-4H,1H3,(H,8,11)/t22-;/m0./s1. The summed E-state index contributed by atoms with van der Waals surface area (Å²) in [6.07, 6.45) is 11.4. The first-order valence-corrected chi connectivity index (χ1v) is 13.7. The Labute approximate surface area is 249 Å². The first-order chi connectivity index (χ1) is 19.6. The summed E-state index contributed by atoms with van der Waals surface area (Å²) in [6, 6.07) is 10.0. The number of aromatic carboxylic acids is 1. The molecule has 0 amide bonds. The number of thiol groups is 2. The minimum atomic E-state index is -1.06. The number of nitrogens with one attached hydrogen (secondary N) is 1. The number of methoxy groups -OCH3 is 1. The van der Waals surface area contributed by atoms with Crippen molar-refractivity contribution in [1.82, 2.24) is 19.9 Å². The third-order valence-electron chi connectivity index (χ3n) is 6.30. The van der Waals surface area contributed by atoms with Crippen molar-refractivity contribution in [2.75, 3.05) is 7.11 Å². The molecule has 10 nitrogen and oxygen atoms in total. The molecule has 41 heavy (non-hydrogen) atoms. The van der Waals surface area contributed by atoms with Crippen LogP contribution in [0.25, 0.3) is 0 Å². The van der Waals surface area contributed by atoms with Crippen LogP contribution in [0, 0.1) is 0 Å². The van der Waals surface area contributed by atoms with Crippen molar-refractivity contribution in [3.8, 4) is 0 Å².